The first-order chi connectivity index (χ1) is 13.7. The zero-order valence-corrected chi connectivity index (χ0v) is 18.2. The third-order valence-electron chi connectivity index (χ3n) is 5.27. The van der Waals surface area contributed by atoms with Gasteiger partial charge in [0.15, 0.2) is 0 Å². The highest BCUT2D eigenvalue weighted by Gasteiger charge is 2.08. The lowest BCUT2D eigenvalue weighted by molar-refractivity contribution is 0.303. The van der Waals surface area contributed by atoms with Crippen molar-refractivity contribution in [3.63, 3.8) is 0 Å². The van der Waals surface area contributed by atoms with Crippen LogP contribution in [-0.4, -0.2) is 72.1 Å². The Balaban J connectivity index is 1.95. The van der Waals surface area contributed by atoms with Crippen LogP contribution in [0.25, 0.3) is 10.9 Å². The van der Waals surface area contributed by atoms with E-state index >= 15 is 0 Å². The Morgan fingerprint density at radius 1 is 0.750 bits per heavy atom. The molecule has 0 atom stereocenters. The summed E-state index contributed by atoms with van der Waals surface area (Å²) in [5.74, 6) is 1.64. The van der Waals surface area contributed by atoms with Crippen molar-refractivity contribution in [2.45, 2.75) is 40.5 Å². The summed E-state index contributed by atoms with van der Waals surface area (Å²) in [5, 5.41) is 8.03. The molecule has 1 heterocycles. The molecule has 156 valence electrons. The molecular formula is C22H38N6. The van der Waals surface area contributed by atoms with Gasteiger partial charge in [-0.3, -0.25) is 0 Å². The van der Waals surface area contributed by atoms with E-state index in [1.165, 1.54) is 0 Å². The van der Waals surface area contributed by atoms with Crippen molar-refractivity contribution in [1.29, 1.82) is 0 Å². The van der Waals surface area contributed by atoms with Gasteiger partial charge in [0.05, 0.1) is 5.52 Å². The van der Waals surface area contributed by atoms with Gasteiger partial charge in [-0.05, 0) is 64.2 Å². The maximum atomic E-state index is 4.75. The van der Waals surface area contributed by atoms with Crippen LogP contribution in [-0.2, 0) is 0 Å². The summed E-state index contributed by atoms with van der Waals surface area (Å²) in [5.41, 5.74) is 0.981. The minimum Gasteiger partial charge on any atom is -0.369 e. The predicted molar refractivity (Wildman–Crippen MR) is 121 cm³/mol. The SMILES string of the molecule is CCN(CC)CCCNc1nc(NCCCN(CC)CC)c2ccccc2n1. The number of nitrogens with zero attached hydrogens (tertiary/aromatic N) is 4. The van der Waals surface area contributed by atoms with Gasteiger partial charge in [0.25, 0.3) is 0 Å². The molecule has 0 aliphatic rings. The van der Waals surface area contributed by atoms with Crippen LogP contribution in [0.15, 0.2) is 24.3 Å². The van der Waals surface area contributed by atoms with E-state index in [1.807, 2.05) is 12.1 Å². The largest absolute Gasteiger partial charge is 0.369 e. The highest BCUT2D eigenvalue weighted by atomic mass is 15.2. The first-order valence-electron chi connectivity index (χ1n) is 10.9. The Labute approximate surface area is 170 Å². The van der Waals surface area contributed by atoms with Crippen LogP contribution in [0.4, 0.5) is 11.8 Å². The summed E-state index contributed by atoms with van der Waals surface area (Å²) in [4.78, 5) is 14.3. The molecule has 0 aliphatic heterocycles. The molecule has 2 N–H and O–H groups in total. The van der Waals surface area contributed by atoms with Crippen molar-refractivity contribution in [2.24, 2.45) is 0 Å². The van der Waals surface area contributed by atoms with Crippen LogP contribution in [0.2, 0.25) is 0 Å². The smallest absolute Gasteiger partial charge is 0.225 e. The van der Waals surface area contributed by atoms with Crippen LogP contribution in [0.3, 0.4) is 0 Å². The van der Waals surface area contributed by atoms with E-state index in [-0.39, 0.29) is 0 Å². The van der Waals surface area contributed by atoms with Crippen molar-refractivity contribution in [3.8, 4) is 0 Å². The Bertz CT molecular complexity index is 682. The highest BCUT2D eigenvalue weighted by Crippen LogP contribution is 2.21. The van der Waals surface area contributed by atoms with Gasteiger partial charge < -0.3 is 20.4 Å². The van der Waals surface area contributed by atoms with Crippen LogP contribution in [0.1, 0.15) is 40.5 Å². The molecule has 0 bridgehead atoms. The topological polar surface area (TPSA) is 56.3 Å². The molecular weight excluding hydrogens is 348 g/mol. The van der Waals surface area contributed by atoms with E-state index in [9.17, 15) is 0 Å². The third kappa shape index (κ3) is 6.91. The molecule has 28 heavy (non-hydrogen) atoms. The molecule has 0 radical (unpaired) electrons. The second-order valence-corrected chi connectivity index (χ2v) is 7.03. The number of hydrogen-bond acceptors (Lipinski definition) is 6. The molecule has 1 aromatic carbocycles. The minimum absolute atomic E-state index is 0.712. The molecule has 1 aromatic heterocycles. The molecule has 6 nitrogen and oxygen atoms in total. The van der Waals surface area contributed by atoms with Crippen molar-refractivity contribution in [1.82, 2.24) is 19.8 Å². The summed E-state index contributed by atoms with van der Waals surface area (Å²) in [6.07, 6.45) is 2.19. The van der Waals surface area contributed by atoms with Crippen molar-refractivity contribution in [3.05, 3.63) is 24.3 Å². The summed E-state index contributed by atoms with van der Waals surface area (Å²) < 4.78 is 0. The molecule has 6 heteroatoms. The fourth-order valence-electron chi connectivity index (χ4n) is 3.38. The fraction of sp³-hybridized carbons (Fsp3) is 0.636. The van der Waals surface area contributed by atoms with E-state index in [0.717, 1.165) is 81.9 Å². The van der Waals surface area contributed by atoms with Gasteiger partial charge in [0.1, 0.15) is 5.82 Å². The lowest BCUT2D eigenvalue weighted by Gasteiger charge is -2.18. The van der Waals surface area contributed by atoms with Crippen molar-refractivity contribution >= 4 is 22.7 Å². The first-order valence-corrected chi connectivity index (χ1v) is 10.9. The third-order valence-corrected chi connectivity index (χ3v) is 5.27. The lowest BCUT2D eigenvalue weighted by atomic mass is 10.2. The molecule has 2 aromatic rings. The molecule has 0 unspecified atom stereocenters. The number of para-hydroxylation sites is 1. The maximum absolute atomic E-state index is 4.75. The number of benzene rings is 1. The molecule has 0 saturated heterocycles. The van der Waals surface area contributed by atoms with E-state index in [4.69, 9.17) is 9.97 Å². The molecule has 0 spiro atoms. The first kappa shape index (κ1) is 22.4. The molecule has 0 amide bonds. The molecule has 0 saturated carbocycles. The molecule has 0 fully saturated rings. The average molecular weight is 387 g/mol. The quantitative estimate of drug-likeness (QED) is 0.480. The number of aromatic nitrogens is 2. The Morgan fingerprint density at radius 2 is 1.32 bits per heavy atom. The summed E-state index contributed by atoms with van der Waals surface area (Å²) in [6, 6.07) is 8.22. The Morgan fingerprint density at radius 3 is 1.93 bits per heavy atom. The zero-order chi connectivity index (χ0) is 20.2. The van der Waals surface area contributed by atoms with Gasteiger partial charge in [-0.25, -0.2) is 4.98 Å². The second kappa shape index (κ2) is 12.5. The van der Waals surface area contributed by atoms with Gasteiger partial charge in [0, 0.05) is 18.5 Å². The van der Waals surface area contributed by atoms with Crippen molar-refractivity contribution in [2.75, 3.05) is 63.0 Å². The van der Waals surface area contributed by atoms with Gasteiger partial charge >= 0.3 is 0 Å². The fourth-order valence-corrected chi connectivity index (χ4v) is 3.38. The number of rotatable bonds is 14. The van der Waals surface area contributed by atoms with E-state index in [0.29, 0.717) is 5.95 Å². The minimum atomic E-state index is 0.712. The van der Waals surface area contributed by atoms with Crippen LogP contribution in [0.5, 0.6) is 0 Å². The summed E-state index contributed by atoms with van der Waals surface area (Å²) >= 11 is 0. The summed E-state index contributed by atoms with van der Waals surface area (Å²) in [7, 11) is 0. The number of fused-ring (bicyclic) bond motifs is 1. The van der Waals surface area contributed by atoms with Crippen LogP contribution >= 0.6 is 0 Å². The number of anilines is 2. The van der Waals surface area contributed by atoms with Gasteiger partial charge in [-0.2, -0.15) is 4.98 Å². The van der Waals surface area contributed by atoms with Gasteiger partial charge in [0.2, 0.25) is 5.95 Å². The highest BCUT2D eigenvalue weighted by molar-refractivity contribution is 5.89. The van der Waals surface area contributed by atoms with E-state index in [2.05, 4.69) is 60.3 Å². The average Bonchev–Trinajstić information content (AvgIpc) is 2.74. The summed E-state index contributed by atoms with van der Waals surface area (Å²) in [6.45, 7) is 17.3. The molecule has 0 aliphatic carbocycles. The monoisotopic (exact) mass is 386 g/mol. The lowest BCUT2D eigenvalue weighted by Crippen LogP contribution is -2.26. The predicted octanol–water partition coefficient (Wildman–Crippen LogP) is 3.92. The number of hydrogen-bond donors (Lipinski definition) is 2. The van der Waals surface area contributed by atoms with Gasteiger partial charge in [-0.15, -0.1) is 0 Å². The standard InChI is InChI=1S/C22H38N6/c1-5-27(6-2)17-11-15-23-21-19-13-9-10-14-20(19)25-22(26-21)24-16-12-18-28(7-3)8-4/h9-10,13-14H,5-8,11-12,15-18H2,1-4H3,(H2,23,24,25,26). The van der Waals surface area contributed by atoms with Crippen LogP contribution < -0.4 is 10.6 Å². The van der Waals surface area contributed by atoms with Crippen molar-refractivity contribution < 1.29 is 0 Å². The zero-order valence-electron chi connectivity index (χ0n) is 18.2. The molecule has 2 rings (SSSR count). The Kier molecular flexibility index (Phi) is 10.0. The van der Waals surface area contributed by atoms with E-state index in [1.54, 1.807) is 0 Å². The second-order valence-electron chi connectivity index (χ2n) is 7.03. The maximum Gasteiger partial charge on any atom is 0.225 e. The van der Waals surface area contributed by atoms with E-state index < -0.39 is 0 Å². The number of nitrogens with one attached hydrogen (secondary N) is 2. The van der Waals surface area contributed by atoms with Crippen LogP contribution in [0, 0.1) is 0 Å². The normalized spacial score (nSPS) is 11.5. The van der Waals surface area contributed by atoms with Gasteiger partial charge in [-0.1, -0.05) is 39.8 Å². The Hall–Kier alpha value is -1.92.